The highest BCUT2D eigenvalue weighted by molar-refractivity contribution is 7.99. The van der Waals surface area contributed by atoms with Gasteiger partial charge in [-0.05, 0) is 23.6 Å². The summed E-state index contributed by atoms with van der Waals surface area (Å²) in [6.07, 6.45) is 1.27. The fourth-order valence-corrected chi connectivity index (χ4v) is 3.62. The van der Waals surface area contributed by atoms with Crippen LogP contribution in [0.15, 0.2) is 53.0 Å². The largest absolute Gasteiger partial charge is 0.274 e. The van der Waals surface area contributed by atoms with Crippen molar-refractivity contribution in [1.82, 2.24) is 14.8 Å². The quantitative estimate of drug-likeness (QED) is 0.509. The van der Waals surface area contributed by atoms with Crippen LogP contribution in [-0.4, -0.2) is 20.5 Å². The number of aromatic nitrogens is 3. The molecule has 2 aromatic heterocycles. The molecule has 0 saturated carbocycles. The Balaban J connectivity index is 1.94. The maximum atomic E-state index is 8.70. The van der Waals surface area contributed by atoms with E-state index in [0.717, 1.165) is 28.8 Å². The van der Waals surface area contributed by atoms with E-state index in [4.69, 9.17) is 5.26 Å². The molecule has 0 atom stereocenters. The van der Waals surface area contributed by atoms with Gasteiger partial charge in [-0.15, -0.1) is 21.5 Å². The Morgan fingerprint density at radius 3 is 2.73 bits per heavy atom. The summed E-state index contributed by atoms with van der Waals surface area (Å²) in [5, 5.41) is 20.3. The third kappa shape index (κ3) is 3.38. The standard InChI is InChI=1S/C16H14N4S2/c17-9-5-11-22-16-19-18-15(12-14-8-4-10-21-14)20(16)13-6-2-1-3-7-13/h1-4,6-8,10H,5,11-12H2. The molecule has 0 N–H and O–H groups in total. The van der Waals surface area contributed by atoms with Crippen LogP contribution in [0.1, 0.15) is 17.1 Å². The molecule has 2 heterocycles. The van der Waals surface area contributed by atoms with Gasteiger partial charge in [0.25, 0.3) is 0 Å². The van der Waals surface area contributed by atoms with Crippen molar-refractivity contribution >= 4 is 23.1 Å². The van der Waals surface area contributed by atoms with Gasteiger partial charge >= 0.3 is 0 Å². The molecule has 4 nitrogen and oxygen atoms in total. The lowest BCUT2D eigenvalue weighted by atomic mass is 10.3. The van der Waals surface area contributed by atoms with Gasteiger partial charge in [0.2, 0.25) is 0 Å². The highest BCUT2D eigenvalue weighted by Gasteiger charge is 2.14. The number of thiophene rings is 1. The van der Waals surface area contributed by atoms with E-state index in [1.165, 1.54) is 4.88 Å². The minimum atomic E-state index is 0.507. The van der Waals surface area contributed by atoms with E-state index in [0.29, 0.717) is 6.42 Å². The molecule has 0 aliphatic rings. The van der Waals surface area contributed by atoms with Gasteiger partial charge in [-0.1, -0.05) is 36.0 Å². The molecule has 0 aliphatic carbocycles. The van der Waals surface area contributed by atoms with Crippen molar-refractivity contribution < 1.29 is 0 Å². The van der Waals surface area contributed by atoms with Gasteiger partial charge in [0.15, 0.2) is 5.16 Å². The molecular formula is C16H14N4S2. The molecule has 0 amide bonds. The molecule has 0 aliphatic heterocycles. The van der Waals surface area contributed by atoms with E-state index in [1.807, 2.05) is 24.3 Å². The number of nitriles is 1. The lowest BCUT2D eigenvalue weighted by Gasteiger charge is -2.09. The van der Waals surface area contributed by atoms with Crippen LogP contribution in [0.25, 0.3) is 5.69 Å². The van der Waals surface area contributed by atoms with Crippen LogP contribution in [0.3, 0.4) is 0 Å². The summed E-state index contributed by atoms with van der Waals surface area (Å²) in [5.74, 6) is 1.65. The van der Waals surface area contributed by atoms with E-state index in [9.17, 15) is 0 Å². The molecule has 3 rings (SSSR count). The molecule has 0 radical (unpaired) electrons. The summed E-state index contributed by atoms with van der Waals surface area (Å²) >= 11 is 3.29. The summed E-state index contributed by atoms with van der Waals surface area (Å²) in [6, 6.07) is 16.4. The average Bonchev–Trinajstić information content (AvgIpc) is 3.19. The summed E-state index contributed by atoms with van der Waals surface area (Å²) in [7, 11) is 0. The maximum absolute atomic E-state index is 8.70. The summed E-state index contributed by atoms with van der Waals surface area (Å²) in [6.45, 7) is 0. The number of thioether (sulfide) groups is 1. The Bertz CT molecular complexity index is 757. The number of nitrogens with zero attached hydrogens (tertiary/aromatic N) is 4. The van der Waals surface area contributed by atoms with E-state index in [-0.39, 0.29) is 0 Å². The molecule has 6 heteroatoms. The van der Waals surface area contributed by atoms with Crippen LogP contribution in [0.4, 0.5) is 0 Å². The fourth-order valence-electron chi connectivity index (χ4n) is 2.10. The molecule has 0 bridgehead atoms. The number of hydrogen-bond acceptors (Lipinski definition) is 5. The number of para-hydroxylation sites is 1. The Morgan fingerprint density at radius 1 is 1.14 bits per heavy atom. The van der Waals surface area contributed by atoms with E-state index >= 15 is 0 Å². The van der Waals surface area contributed by atoms with Crippen molar-refractivity contribution in [2.75, 3.05) is 5.75 Å². The van der Waals surface area contributed by atoms with Crippen molar-refractivity contribution in [2.45, 2.75) is 18.0 Å². The van der Waals surface area contributed by atoms with Gasteiger partial charge in [-0.25, -0.2) is 0 Å². The molecule has 0 fully saturated rings. The van der Waals surface area contributed by atoms with Gasteiger partial charge in [-0.3, -0.25) is 4.57 Å². The first-order valence-electron chi connectivity index (χ1n) is 6.90. The van der Waals surface area contributed by atoms with Crippen molar-refractivity contribution in [2.24, 2.45) is 0 Å². The first-order valence-corrected chi connectivity index (χ1v) is 8.77. The topological polar surface area (TPSA) is 54.5 Å². The van der Waals surface area contributed by atoms with Gasteiger partial charge < -0.3 is 0 Å². The maximum Gasteiger partial charge on any atom is 0.195 e. The van der Waals surface area contributed by atoms with Gasteiger partial charge in [-0.2, -0.15) is 5.26 Å². The average molecular weight is 326 g/mol. The summed E-state index contributed by atoms with van der Waals surface area (Å²) in [5.41, 5.74) is 1.05. The first-order chi connectivity index (χ1) is 10.9. The Morgan fingerprint density at radius 2 is 2.00 bits per heavy atom. The monoisotopic (exact) mass is 326 g/mol. The van der Waals surface area contributed by atoms with Crippen LogP contribution in [-0.2, 0) is 6.42 Å². The zero-order valence-electron chi connectivity index (χ0n) is 11.8. The third-order valence-corrected chi connectivity index (χ3v) is 4.88. The Hall–Kier alpha value is -2.10. The van der Waals surface area contributed by atoms with Crippen molar-refractivity contribution in [1.29, 1.82) is 5.26 Å². The van der Waals surface area contributed by atoms with E-state index in [1.54, 1.807) is 23.1 Å². The highest BCUT2D eigenvalue weighted by Crippen LogP contribution is 2.24. The van der Waals surface area contributed by atoms with Crippen LogP contribution >= 0.6 is 23.1 Å². The normalized spacial score (nSPS) is 10.5. The smallest absolute Gasteiger partial charge is 0.195 e. The van der Waals surface area contributed by atoms with Gasteiger partial charge in [0.1, 0.15) is 5.82 Å². The Labute approximate surface area is 137 Å². The van der Waals surface area contributed by atoms with Gasteiger partial charge in [0.05, 0.1) is 6.07 Å². The zero-order valence-corrected chi connectivity index (χ0v) is 13.5. The lowest BCUT2D eigenvalue weighted by Crippen LogP contribution is -2.03. The van der Waals surface area contributed by atoms with E-state index in [2.05, 4.69) is 44.4 Å². The van der Waals surface area contributed by atoms with Crippen molar-refractivity contribution in [3.63, 3.8) is 0 Å². The van der Waals surface area contributed by atoms with Crippen LogP contribution < -0.4 is 0 Å². The van der Waals surface area contributed by atoms with Crippen molar-refractivity contribution in [3.8, 4) is 11.8 Å². The molecule has 0 spiro atoms. The van der Waals surface area contributed by atoms with Crippen LogP contribution in [0.5, 0.6) is 0 Å². The summed E-state index contributed by atoms with van der Waals surface area (Å²) in [4.78, 5) is 1.26. The fraction of sp³-hybridized carbons (Fsp3) is 0.188. The summed E-state index contributed by atoms with van der Waals surface area (Å²) < 4.78 is 2.09. The molecule has 0 unspecified atom stereocenters. The predicted octanol–water partition coefficient (Wildman–Crippen LogP) is 3.93. The minimum absolute atomic E-state index is 0.507. The molecule has 22 heavy (non-hydrogen) atoms. The predicted molar refractivity (Wildman–Crippen MR) is 89.4 cm³/mol. The number of hydrogen-bond donors (Lipinski definition) is 0. The molecule has 0 saturated heterocycles. The molecule has 1 aromatic carbocycles. The second-order valence-electron chi connectivity index (χ2n) is 4.58. The van der Waals surface area contributed by atoms with Crippen molar-refractivity contribution in [3.05, 3.63) is 58.5 Å². The van der Waals surface area contributed by atoms with Gasteiger partial charge in [0, 0.05) is 29.2 Å². The van der Waals surface area contributed by atoms with E-state index < -0.39 is 0 Å². The lowest BCUT2D eigenvalue weighted by molar-refractivity contribution is 0.851. The Kier molecular flexibility index (Phi) is 4.88. The minimum Gasteiger partial charge on any atom is -0.274 e. The molecule has 110 valence electrons. The number of rotatable bonds is 6. The van der Waals surface area contributed by atoms with Crippen LogP contribution in [0.2, 0.25) is 0 Å². The molecular weight excluding hydrogens is 312 g/mol. The third-order valence-electron chi connectivity index (χ3n) is 3.07. The highest BCUT2D eigenvalue weighted by atomic mass is 32.2. The van der Waals surface area contributed by atoms with Crippen LogP contribution in [0, 0.1) is 11.3 Å². The first kappa shape index (κ1) is 14.8. The second-order valence-corrected chi connectivity index (χ2v) is 6.68. The number of benzene rings is 1. The molecule has 3 aromatic rings. The second kappa shape index (κ2) is 7.25. The SMILES string of the molecule is N#CCCSc1nnc(Cc2cccs2)n1-c1ccccc1. The zero-order chi connectivity index (χ0) is 15.2.